The Morgan fingerprint density at radius 3 is 2.71 bits per heavy atom. The van der Waals surface area contributed by atoms with Crippen LogP contribution in [0.25, 0.3) is 0 Å². The monoisotopic (exact) mass is 351 g/mol. The summed E-state index contributed by atoms with van der Waals surface area (Å²) in [6, 6.07) is 6.01. The molecule has 1 aromatic carbocycles. The molecule has 0 bridgehead atoms. The highest BCUT2D eigenvalue weighted by Crippen LogP contribution is 2.34. The third kappa shape index (κ3) is 1.94. The fourth-order valence-corrected chi connectivity index (χ4v) is 2.89. The molecule has 0 aliphatic carbocycles. The van der Waals surface area contributed by atoms with E-state index in [4.69, 9.17) is 0 Å². The molecule has 0 saturated carbocycles. The summed E-state index contributed by atoms with van der Waals surface area (Å²) in [5.74, 6) is -2.60. The van der Waals surface area contributed by atoms with E-state index in [0.29, 0.717) is 10.2 Å². The molecule has 2 atom stereocenters. The fraction of sp³-hybridized carbons (Fsp3) is 0.231. The molecule has 0 radical (unpaired) electrons. The van der Waals surface area contributed by atoms with Crippen molar-refractivity contribution in [1.29, 1.82) is 0 Å². The van der Waals surface area contributed by atoms with Crippen LogP contribution in [0, 0.1) is 5.92 Å². The van der Waals surface area contributed by atoms with Gasteiger partial charge in [-0.15, -0.1) is 0 Å². The minimum atomic E-state index is -0.947. The Bertz CT molecular complexity index is 688. The molecule has 21 heavy (non-hydrogen) atoms. The maximum absolute atomic E-state index is 12.5. The van der Waals surface area contributed by atoms with E-state index in [9.17, 15) is 14.4 Å². The van der Waals surface area contributed by atoms with Gasteiger partial charge in [0.2, 0.25) is 5.91 Å². The van der Waals surface area contributed by atoms with Crippen LogP contribution < -0.4 is 10.3 Å². The molecule has 1 N–H and O–H groups in total. The summed E-state index contributed by atoms with van der Waals surface area (Å²) in [6.45, 7) is 0. The van der Waals surface area contributed by atoms with Crippen LogP contribution in [0.1, 0.15) is 0 Å². The second-order valence-electron chi connectivity index (χ2n) is 4.54. The summed E-state index contributed by atoms with van der Waals surface area (Å²) in [5.41, 5.74) is 2.91. The molecular formula is C13H10BrN3O4. The van der Waals surface area contributed by atoms with Gasteiger partial charge in [0.25, 0.3) is 5.91 Å². The number of carbonyl (C=O) groups is 3. The van der Waals surface area contributed by atoms with E-state index in [1.165, 1.54) is 7.11 Å². The fourth-order valence-electron chi connectivity index (χ4n) is 2.43. The first kappa shape index (κ1) is 13.7. The average Bonchev–Trinajstić information content (AvgIpc) is 3.01. The number of anilines is 1. The summed E-state index contributed by atoms with van der Waals surface area (Å²) in [4.78, 5) is 37.6. The Kier molecular flexibility index (Phi) is 3.25. The number of methoxy groups -OCH3 is 1. The number of carbonyl (C=O) groups excluding carboxylic acids is 3. The number of imide groups is 1. The Morgan fingerprint density at radius 2 is 2.05 bits per heavy atom. The number of hydrogen-bond acceptors (Lipinski definition) is 6. The van der Waals surface area contributed by atoms with Gasteiger partial charge in [0.15, 0.2) is 5.71 Å². The van der Waals surface area contributed by atoms with Crippen LogP contribution in [0.5, 0.6) is 0 Å². The lowest BCUT2D eigenvalue weighted by molar-refractivity contribution is -0.133. The molecule has 2 heterocycles. The lowest BCUT2D eigenvalue weighted by Crippen LogP contribution is -2.36. The van der Waals surface area contributed by atoms with Crippen LogP contribution in [0.15, 0.2) is 33.8 Å². The van der Waals surface area contributed by atoms with Gasteiger partial charge in [-0.1, -0.05) is 12.1 Å². The standard InChI is InChI=1S/C13H10BrN3O4/c1-21-13(20)10-8-9(15-16-10)12(19)17(11(8)18)7-5-3-2-4-6(7)14/h2-5,8-9,15H,1H3/t8-,9+/m0/s1. The van der Waals surface area contributed by atoms with Crippen molar-refractivity contribution in [2.45, 2.75) is 6.04 Å². The van der Waals surface area contributed by atoms with Gasteiger partial charge in [-0.25, -0.2) is 9.69 Å². The third-order valence-corrected chi connectivity index (χ3v) is 4.08. The molecule has 0 aromatic heterocycles. The van der Waals surface area contributed by atoms with E-state index in [1.54, 1.807) is 24.3 Å². The largest absolute Gasteiger partial charge is 0.464 e. The van der Waals surface area contributed by atoms with Crippen LogP contribution in [0.2, 0.25) is 0 Å². The number of esters is 1. The normalized spacial score (nSPS) is 23.7. The van der Waals surface area contributed by atoms with Gasteiger partial charge in [-0.05, 0) is 28.1 Å². The van der Waals surface area contributed by atoms with E-state index < -0.39 is 29.7 Å². The number of rotatable bonds is 2. The van der Waals surface area contributed by atoms with Gasteiger partial charge in [0.1, 0.15) is 12.0 Å². The molecule has 8 heteroatoms. The van der Waals surface area contributed by atoms with Crippen molar-refractivity contribution in [2.24, 2.45) is 11.0 Å². The maximum atomic E-state index is 12.5. The summed E-state index contributed by atoms with van der Waals surface area (Å²) in [5, 5.41) is 3.75. The minimum Gasteiger partial charge on any atom is -0.464 e. The average molecular weight is 352 g/mol. The number of amides is 2. The molecule has 3 rings (SSSR count). The second kappa shape index (κ2) is 4.96. The summed E-state index contributed by atoms with van der Waals surface area (Å²) < 4.78 is 5.20. The quantitative estimate of drug-likeness (QED) is 0.616. The Morgan fingerprint density at radius 1 is 1.33 bits per heavy atom. The molecule has 1 saturated heterocycles. The smallest absolute Gasteiger partial charge is 0.355 e. The maximum Gasteiger partial charge on any atom is 0.355 e. The molecule has 2 aliphatic heterocycles. The van der Waals surface area contributed by atoms with Crippen molar-refractivity contribution in [1.82, 2.24) is 5.43 Å². The van der Waals surface area contributed by atoms with Crippen molar-refractivity contribution < 1.29 is 19.1 Å². The van der Waals surface area contributed by atoms with Crippen LogP contribution in [-0.2, 0) is 19.1 Å². The van der Waals surface area contributed by atoms with Crippen molar-refractivity contribution in [3.05, 3.63) is 28.7 Å². The van der Waals surface area contributed by atoms with Gasteiger partial charge in [-0.2, -0.15) is 5.10 Å². The lowest BCUT2D eigenvalue weighted by atomic mass is 9.99. The van der Waals surface area contributed by atoms with Crippen LogP contribution in [0.3, 0.4) is 0 Å². The molecule has 2 amide bonds. The predicted octanol–water partition coefficient (Wildman–Crippen LogP) is 0.439. The minimum absolute atomic E-state index is 0.0737. The molecule has 0 spiro atoms. The number of hydrogen-bond donors (Lipinski definition) is 1. The van der Waals surface area contributed by atoms with E-state index in [0.717, 1.165) is 4.90 Å². The van der Waals surface area contributed by atoms with Crippen LogP contribution >= 0.6 is 15.9 Å². The van der Waals surface area contributed by atoms with E-state index in [1.807, 2.05) is 0 Å². The van der Waals surface area contributed by atoms with Crippen molar-refractivity contribution in [3.8, 4) is 0 Å². The number of ether oxygens (including phenoxy) is 1. The zero-order valence-electron chi connectivity index (χ0n) is 10.9. The third-order valence-electron chi connectivity index (χ3n) is 3.41. The zero-order valence-corrected chi connectivity index (χ0v) is 12.5. The molecule has 7 nitrogen and oxygen atoms in total. The van der Waals surface area contributed by atoms with Crippen LogP contribution in [0.4, 0.5) is 5.69 Å². The molecule has 1 fully saturated rings. The van der Waals surface area contributed by atoms with E-state index in [2.05, 4.69) is 31.2 Å². The summed E-state index contributed by atoms with van der Waals surface area (Å²) in [7, 11) is 1.20. The van der Waals surface area contributed by atoms with Crippen LogP contribution in [-0.4, -0.2) is 36.6 Å². The van der Waals surface area contributed by atoms with Crippen molar-refractivity contribution >= 4 is 45.1 Å². The first-order valence-corrected chi connectivity index (χ1v) is 6.89. The molecule has 108 valence electrons. The van der Waals surface area contributed by atoms with E-state index in [-0.39, 0.29) is 5.71 Å². The number of para-hydroxylation sites is 1. The number of fused-ring (bicyclic) bond motifs is 1. The molecule has 0 unspecified atom stereocenters. The van der Waals surface area contributed by atoms with Gasteiger partial charge < -0.3 is 4.74 Å². The summed E-state index contributed by atoms with van der Waals surface area (Å²) >= 11 is 3.31. The Hall–Kier alpha value is -2.22. The van der Waals surface area contributed by atoms with Gasteiger partial charge in [0, 0.05) is 4.47 Å². The van der Waals surface area contributed by atoms with Crippen molar-refractivity contribution in [3.63, 3.8) is 0 Å². The SMILES string of the molecule is COC(=O)C1=NN[C@H]2C(=O)N(c3ccccc3Br)C(=O)[C@H]12. The molecular weight excluding hydrogens is 342 g/mol. The number of hydrazone groups is 1. The summed E-state index contributed by atoms with van der Waals surface area (Å²) in [6.07, 6.45) is 0. The number of halogens is 1. The molecule has 1 aromatic rings. The highest BCUT2D eigenvalue weighted by Gasteiger charge is 2.55. The number of benzene rings is 1. The van der Waals surface area contributed by atoms with Gasteiger partial charge in [-0.3, -0.25) is 15.0 Å². The highest BCUT2D eigenvalue weighted by atomic mass is 79.9. The van der Waals surface area contributed by atoms with E-state index >= 15 is 0 Å². The number of nitrogens with one attached hydrogen (secondary N) is 1. The zero-order chi connectivity index (χ0) is 15.1. The van der Waals surface area contributed by atoms with Gasteiger partial charge in [0.05, 0.1) is 12.8 Å². The Labute approximate surface area is 128 Å². The highest BCUT2D eigenvalue weighted by molar-refractivity contribution is 9.10. The Balaban J connectivity index is 2.00. The second-order valence-corrected chi connectivity index (χ2v) is 5.39. The lowest BCUT2D eigenvalue weighted by Gasteiger charge is -2.16. The van der Waals surface area contributed by atoms with Gasteiger partial charge >= 0.3 is 5.97 Å². The molecule has 2 aliphatic rings. The van der Waals surface area contributed by atoms with Crippen molar-refractivity contribution in [2.75, 3.05) is 12.0 Å². The first-order chi connectivity index (χ1) is 10.1. The first-order valence-electron chi connectivity index (χ1n) is 6.10. The number of nitrogens with zero attached hydrogens (tertiary/aromatic N) is 2. The predicted molar refractivity (Wildman–Crippen MR) is 76.5 cm³/mol. The topological polar surface area (TPSA) is 88.1 Å².